The monoisotopic (exact) mass is 322 g/mol. The molecule has 3 rings (SSSR count). The summed E-state index contributed by atoms with van der Waals surface area (Å²) in [5.74, 6) is 1.26. The summed E-state index contributed by atoms with van der Waals surface area (Å²) in [5, 5.41) is 3.85. The second-order valence-electron chi connectivity index (χ2n) is 5.17. The highest BCUT2D eigenvalue weighted by Crippen LogP contribution is 2.22. The maximum atomic E-state index is 11.7. The first kappa shape index (κ1) is 15.8. The van der Waals surface area contributed by atoms with Crippen LogP contribution in [0.5, 0.6) is 5.75 Å². The molecule has 3 aromatic rings. The van der Waals surface area contributed by atoms with Gasteiger partial charge in [-0.2, -0.15) is 0 Å². The lowest BCUT2D eigenvalue weighted by Crippen LogP contribution is -2.23. The maximum absolute atomic E-state index is 11.7. The molecule has 5 nitrogen and oxygen atoms in total. The van der Waals surface area contributed by atoms with Crippen molar-refractivity contribution in [2.24, 2.45) is 0 Å². The van der Waals surface area contributed by atoms with Crippen LogP contribution >= 0.6 is 0 Å². The summed E-state index contributed by atoms with van der Waals surface area (Å²) in [5.41, 5.74) is 0.852. The normalized spacial score (nSPS) is 11.0. The van der Waals surface area contributed by atoms with Crippen molar-refractivity contribution in [3.05, 3.63) is 66.8 Å². The molecule has 2 aromatic heterocycles. The molecule has 1 N–H and O–H groups in total. The molecule has 0 aliphatic carbocycles. The largest absolute Gasteiger partial charge is 0.491 e. The zero-order valence-corrected chi connectivity index (χ0v) is 13.1. The highest BCUT2D eigenvalue weighted by Gasteiger charge is 2.02. The van der Waals surface area contributed by atoms with E-state index in [1.165, 1.54) is 6.08 Å². The second kappa shape index (κ2) is 7.97. The molecule has 1 amide bonds. The van der Waals surface area contributed by atoms with Crippen molar-refractivity contribution >= 4 is 22.9 Å². The fraction of sp³-hybridized carbons (Fsp3) is 0.158. The van der Waals surface area contributed by atoms with Gasteiger partial charge >= 0.3 is 0 Å². The van der Waals surface area contributed by atoms with Crippen LogP contribution in [-0.2, 0) is 4.79 Å². The Balaban J connectivity index is 1.41. The van der Waals surface area contributed by atoms with Crippen molar-refractivity contribution in [1.82, 2.24) is 10.3 Å². The van der Waals surface area contributed by atoms with Crippen LogP contribution in [0.3, 0.4) is 0 Å². The highest BCUT2D eigenvalue weighted by atomic mass is 16.5. The lowest BCUT2D eigenvalue weighted by molar-refractivity contribution is -0.116. The number of carbonyl (C=O) groups excluding carboxylic acids is 1. The van der Waals surface area contributed by atoms with Crippen molar-refractivity contribution in [2.75, 3.05) is 13.2 Å². The van der Waals surface area contributed by atoms with E-state index in [1.807, 2.05) is 30.3 Å². The number of rotatable bonds is 7. The molecular weight excluding hydrogens is 304 g/mol. The quantitative estimate of drug-likeness (QED) is 0.535. The molecule has 0 saturated heterocycles. The third-order valence-corrected chi connectivity index (χ3v) is 3.42. The topological polar surface area (TPSA) is 64.4 Å². The van der Waals surface area contributed by atoms with E-state index < -0.39 is 0 Å². The van der Waals surface area contributed by atoms with E-state index in [0.717, 1.165) is 16.7 Å². The first-order chi connectivity index (χ1) is 11.8. The van der Waals surface area contributed by atoms with Crippen LogP contribution in [0, 0.1) is 0 Å². The second-order valence-corrected chi connectivity index (χ2v) is 5.17. The van der Waals surface area contributed by atoms with E-state index >= 15 is 0 Å². The number of nitrogens with zero attached hydrogens (tertiary/aromatic N) is 1. The summed E-state index contributed by atoms with van der Waals surface area (Å²) in [6, 6.07) is 13.3. The van der Waals surface area contributed by atoms with Crippen LogP contribution in [0.2, 0.25) is 0 Å². The molecule has 0 aliphatic rings. The number of amides is 1. The fourth-order valence-corrected chi connectivity index (χ4v) is 2.26. The van der Waals surface area contributed by atoms with Crippen LogP contribution < -0.4 is 10.1 Å². The molecule has 0 saturated carbocycles. The average molecular weight is 322 g/mol. The van der Waals surface area contributed by atoms with Gasteiger partial charge in [-0.1, -0.05) is 18.2 Å². The maximum Gasteiger partial charge on any atom is 0.244 e. The van der Waals surface area contributed by atoms with Crippen molar-refractivity contribution in [2.45, 2.75) is 6.42 Å². The molecule has 1 aromatic carbocycles. The summed E-state index contributed by atoms with van der Waals surface area (Å²) < 4.78 is 10.9. The molecule has 24 heavy (non-hydrogen) atoms. The van der Waals surface area contributed by atoms with Crippen molar-refractivity contribution in [1.29, 1.82) is 0 Å². The lowest BCUT2D eigenvalue weighted by atomic mass is 10.2. The Hall–Kier alpha value is -3.08. The van der Waals surface area contributed by atoms with Gasteiger partial charge in [0.25, 0.3) is 0 Å². The van der Waals surface area contributed by atoms with Gasteiger partial charge in [0.15, 0.2) is 0 Å². The fourth-order valence-electron chi connectivity index (χ4n) is 2.26. The summed E-state index contributed by atoms with van der Waals surface area (Å²) >= 11 is 0. The van der Waals surface area contributed by atoms with Gasteiger partial charge in [-0.15, -0.1) is 0 Å². The Morgan fingerprint density at radius 3 is 3.00 bits per heavy atom. The lowest BCUT2D eigenvalue weighted by Gasteiger charge is -2.08. The first-order valence-corrected chi connectivity index (χ1v) is 7.79. The zero-order valence-electron chi connectivity index (χ0n) is 13.1. The third-order valence-electron chi connectivity index (χ3n) is 3.42. The molecule has 122 valence electrons. The van der Waals surface area contributed by atoms with Gasteiger partial charge in [0.1, 0.15) is 17.0 Å². The van der Waals surface area contributed by atoms with E-state index in [4.69, 9.17) is 9.15 Å². The van der Waals surface area contributed by atoms with E-state index in [2.05, 4.69) is 10.3 Å². The SMILES string of the molecule is O=C(C=Cc1ccco1)NCCCOc1cccc2cccnc12. The number of hydrogen-bond acceptors (Lipinski definition) is 4. The molecular formula is C19H18N2O3. The Morgan fingerprint density at radius 2 is 2.12 bits per heavy atom. The zero-order chi connectivity index (χ0) is 16.6. The molecule has 0 radical (unpaired) electrons. The van der Waals surface area contributed by atoms with Gasteiger partial charge in [0.05, 0.1) is 12.9 Å². The summed E-state index contributed by atoms with van der Waals surface area (Å²) in [7, 11) is 0. The molecule has 0 aliphatic heterocycles. The number of nitrogens with one attached hydrogen (secondary N) is 1. The summed E-state index contributed by atoms with van der Waals surface area (Å²) in [6.07, 6.45) is 7.11. The van der Waals surface area contributed by atoms with Crippen LogP contribution in [-0.4, -0.2) is 24.0 Å². The molecule has 0 atom stereocenters. The number of furan rings is 1. The van der Waals surface area contributed by atoms with E-state index in [0.29, 0.717) is 25.3 Å². The average Bonchev–Trinajstić information content (AvgIpc) is 3.13. The van der Waals surface area contributed by atoms with Crippen LogP contribution in [0.25, 0.3) is 17.0 Å². The van der Waals surface area contributed by atoms with Crippen LogP contribution in [0.1, 0.15) is 12.2 Å². The molecule has 0 bridgehead atoms. The Bertz CT molecular complexity index is 820. The van der Waals surface area contributed by atoms with Crippen molar-refractivity contribution < 1.29 is 13.9 Å². The number of carbonyl (C=O) groups is 1. The number of fused-ring (bicyclic) bond motifs is 1. The third kappa shape index (κ3) is 4.23. The summed E-state index contributed by atoms with van der Waals surface area (Å²) in [6.45, 7) is 1.05. The minimum atomic E-state index is -0.154. The summed E-state index contributed by atoms with van der Waals surface area (Å²) in [4.78, 5) is 16.0. The Kier molecular flexibility index (Phi) is 5.24. The van der Waals surface area contributed by atoms with Gasteiger partial charge < -0.3 is 14.5 Å². The Labute approximate surface area is 140 Å². The number of ether oxygens (including phenoxy) is 1. The van der Waals surface area contributed by atoms with Crippen molar-refractivity contribution in [3.63, 3.8) is 0 Å². The molecule has 0 spiro atoms. The van der Waals surface area contributed by atoms with E-state index in [1.54, 1.807) is 30.7 Å². The number of hydrogen-bond donors (Lipinski definition) is 1. The van der Waals surface area contributed by atoms with Gasteiger partial charge in [-0.3, -0.25) is 9.78 Å². The Morgan fingerprint density at radius 1 is 1.21 bits per heavy atom. The minimum absolute atomic E-state index is 0.154. The van der Waals surface area contributed by atoms with Gasteiger partial charge in [0, 0.05) is 24.2 Å². The molecule has 5 heteroatoms. The number of aromatic nitrogens is 1. The van der Waals surface area contributed by atoms with Crippen molar-refractivity contribution in [3.8, 4) is 5.75 Å². The molecule has 0 unspecified atom stereocenters. The van der Waals surface area contributed by atoms with E-state index in [9.17, 15) is 4.79 Å². The van der Waals surface area contributed by atoms with Gasteiger partial charge in [0.2, 0.25) is 5.91 Å². The number of pyridine rings is 1. The first-order valence-electron chi connectivity index (χ1n) is 7.79. The van der Waals surface area contributed by atoms with Gasteiger partial charge in [-0.25, -0.2) is 0 Å². The van der Waals surface area contributed by atoms with Crippen LogP contribution in [0.4, 0.5) is 0 Å². The molecule has 2 heterocycles. The number of benzene rings is 1. The number of para-hydroxylation sites is 1. The standard InChI is InChI=1S/C19H18N2O3/c22-18(10-9-16-7-3-13-23-16)20-12-4-14-24-17-8-1-5-15-6-2-11-21-19(15)17/h1-3,5-11,13H,4,12,14H2,(H,20,22). The van der Waals surface area contributed by atoms with E-state index in [-0.39, 0.29) is 5.91 Å². The smallest absolute Gasteiger partial charge is 0.244 e. The van der Waals surface area contributed by atoms with Crippen LogP contribution in [0.15, 0.2) is 65.4 Å². The predicted molar refractivity (Wildman–Crippen MR) is 92.6 cm³/mol. The predicted octanol–water partition coefficient (Wildman–Crippen LogP) is 3.43. The highest BCUT2D eigenvalue weighted by molar-refractivity contribution is 5.91. The van der Waals surface area contributed by atoms with Gasteiger partial charge in [-0.05, 0) is 36.8 Å². The molecule has 0 fully saturated rings. The minimum Gasteiger partial charge on any atom is -0.491 e.